The van der Waals surface area contributed by atoms with E-state index >= 15 is 0 Å². The lowest BCUT2D eigenvalue weighted by molar-refractivity contribution is 0.0775. The fourth-order valence-corrected chi connectivity index (χ4v) is 3.26. The Morgan fingerprint density at radius 1 is 1.38 bits per heavy atom. The summed E-state index contributed by atoms with van der Waals surface area (Å²) in [6, 6.07) is 4.55. The smallest absolute Gasteiger partial charge is 0.276 e. The van der Waals surface area contributed by atoms with Crippen molar-refractivity contribution in [2.45, 2.75) is 33.3 Å². The Morgan fingerprint density at radius 3 is 2.92 bits per heavy atom. The van der Waals surface area contributed by atoms with Crippen molar-refractivity contribution in [3.63, 3.8) is 0 Å². The maximum absolute atomic E-state index is 13.5. The Hall–Kier alpha value is -2.44. The van der Waals surface area contributed by atoms with Crippen LogP contribution in [0.15, 0.2) is 28.8 Å². The Bertz CT molecular complexity index is 776. The van der Waals surface area contributed by atoms with Gasteiger partial charge >= 0.3 is 0 Å². The summed E-state index contributed by atoms with van der Waals surface area (Å²) in [5, 5.41) is 3.80. The zero-order valence-electron chi connectivity index (χ0n) is 14.9. The van der Waals surface area contributed by atoms with Crippen molar-refractivity contribution in [2.75, 3.05) is 13.1 Å². The van der Waals surface area contributed by atoms with Crippen LogP contribution >= 0.6 is 0 Å². The number of amides is 1. The molecule has 1 atom stereocenters. The number of ether oxygens (including phenoxy) is 1. The van der Waals surface area contributed by atoms with Crippen molar-refractivity contribution in [1.29, 1.82) is 0 Å². The molecular weight excluding hydrogens is 342 g/mol. The number of carbonyl (C=O) groups is 1. The second kappa shape index (κ2) is 7.85. The van der Waals surface area contributed by atoms with Crippen molar-refractivity contribution < 1.29 is 22.8 Å². The Kier molecular flexibility index (Phi) is 5.54. The van der Waals surface area contributed by atoms with Gasteiger partial charge in [-0.25, -0.2) is 8.78 Å². The number of hydrogen-bond acceptors (Lipinski definition) is 4. The van der Waals surface area contributed by atoms with E-state index in [1.807, 2.05) is 0 Å². The first kappa shape index (κ1) is 18.4. The molecule has 1 aromatic carbocycles. The lowest BCUT2D eigenvalue weighted by Crippen LogP contribution is -2.29. The summed E-state index contributed by atoms with van der Waals surface area (Å²) in [5.41, 5.74) is 0.216. The summed E-state index contributed by atoms with van der Waals surface area (Å²) in [5.74, 6) is -0.299. The van der Waals surface area contributed by atoms with Gasteiger partial charge in [0, 0.05) is 25.2 Å². The third-order valence-corrected chi connectivity index (χ3v) is 4.42. The predicted octanol–water partition coefficient (Wildman–Crippen LogP) is 4.04. The maximum Gasteiger partial charge on any atom is 0.276 e. The zero-order valence-corrected chi connectivity index (χ0v) is 14.9. The molecule has 1 amide bonds. The number of rotatable bonds is 6. The monoisotopic (exact) mass is 364 g/mol. The second-order valence-corrected chi connectivity index (χ2v) is 7.08. The van der Waals surface area contributed by atoms with E-state index in [-0.39, 0.29) is 24.0 Å². The number of aromatic nitrogens is 1. The maximum atomic E-state index is 13.5. The van der Waals surface area contributed by atoms with Gasteiger partial charge < -0.3 is 14.2 Å². The molecule has 0 saturated carbocycles. The highest BCUT2D eigenvalue weighted by Crippen LogP contribution is 2.25. The van der Waals surface area contributed by atoms with Gasteiger partial charge in [-0.15, -0.1) is 0 Å². The number of hydrogen-bond donors (Lipinski definition) is 0. The highest BCUT2D eigenvalue weighted by atomic mass is 19.1. The fourth-order valence-electron chi connectivity index (χ4n) is 3.26. The fraction of sp³-hybridized carbons (Fsp3) is 0.474. The number of nitrogens with zero attached hydrogens (tertiary/aromatic N) is 2. The van der Waals surface area contributed by atoms with E-state index in [9.17, 15) is 13.6 Å². The van der Waals surface area contributed by atoms with Gasteiger partial charge in [0.1, 0.15) is 12.4 Å². The van der Waals surface area contributed by atoms with E-state index < -0.39 is 11.6 Å². The van der Waals surface area contributed by atoms with Crippen LogP contribution in [0.2, 0.25) is 0 Å². The largest absolute Gasteiger partial charge is 0.482 e. The number of likely N-dealkylation sites (tertiary alicyclic amines) is 1. The molecule has 26 heavy (non-hydrogen) atoms. The third kappa shape index (κ3) is 4.39. The Morgan fingerprint density at radius 2 is 2.19 bits per heavy atom. The predicted molar refractivity (Wildman–Crippen MR) is 90.7 cm³/mol. The molecule has 1 aromatic heterocycles. The van der Waals surface area contributed by atoms with Crippen molar-refractivity contribution in [3.8, 4) is 5.75 Å². The van der Waals surface area contributed by atoms with E-state index in [1.54, 1.807) is 4.90 Å². The summed E-state index contributed by atoms with van der Waals surface area (Å²) in [6.07, 6.45) is 2.10. The van der Waals surface area contributed by atoms with Crippen LogP contribution in [0.5, 0.6) is 5.75 Å². The summed E-state index contributed by atoms with van der Waals surface area (Å²) in [6.45, 7) is 5.71. The molecule has 2 heterocycles. The van der Waals surface area contributed by atoms with Crippen molar-refractivity contribution >= 4 is 5.91 Å². The molecule has 1 saturated heterocycles. The van der Waals surface area contributed by atoms with Crippen LogP contribution in [0.4, 0.5) is 8.78 Å². The molecule has 0 N–H and O–H groups in total. The van der Waals surface area contributed by atoms with E-state index in [1.165, 1.54) is 12.1 Å². The SMILES string of the molecule is CC(C)C[C@@H]1CCN(C(=O)c2cc(COc3ccc(F)cc3F)on2)C1. The van der Waals surface area contributed by atoms with E-state index in [0.717, 1.165) is 38.1 Å². The minimum atomic E-state index is -0.797. The number of halogens is 2. The van der Waals surface area contributed by atoms with Gasteiger partial charge in [0.05, 0.1) is 0 Å². The van der Waals surface area contributed by atoms with Crippen molar-refractivity contribution in [3.05, 3.63) is 47.4 Å². The first-order valence-electron chi connectivity index (χ1n) is 8.75. The van der Waals surface area contributed by atoms with Crippen LogP contribution in [0.1, 0.15) is 42.9 Å². The third-order valence-electron chi connectivity index (χ3n) is 4.42. The highest BCUT2D eigenvalue weighted by molar-refractivity contribution is 5.92. The zero-order chi connectivity index (χ0) is 18.7. The molecule has 0 bridgehead atoms. The molecule has 5 nitrogen and oxygen atoms in total. The van der Waals surface area contributed by atoms with E-state index in [4.69, 9.17) is 9.26 Å². The molecule has 7 heteroatoms. The van der Waals surface area contributed by atoms with Gasteiger partial charge in [0.2, 0.25) is 0 Å². The quantitative estimate of drug-likeness (QED) is 0.776. The van der Waals surface area contributed by atoms with Gasteiger partial charge in [0.15, 0.2) is 23.0 Å². The number of benzene rings is 1. The van der Waals surface area contributed by atoms with Crippen LogP contribution in [-0.4, -0.2) is 29.1 Å². The Balaban J connectivity index is 1.56. The van der Waals surface area contributed by atoms with E-state index in [0.29, 0.717) is 17.6 Å². The minimum absolute atomic E-state index is 0.0910. The molecule has 0 radical (unpaired) electrons. The normalized spacial score (nSPS) is 17.1. The van der Waals surface area contributed by atoms with Crippen LogP contribution in [-0.2, 0) is 6.61 Å². The molecule has 0 spiro atoms. The minimum Gasteiger partial charge on any atom is -0.482 e. The van der Waals surface area contributed by atoms with Gasteiger partial charge in [0.25, 0.3) is 5.91 Å². The molecule has 1 fully saturated rings. The molecular formula is C19H22F2N2O3. The Labute approximate surface area is 150 Å². The van der Waals surface area contributed by atoms with Gasteiger partial charge in [-0.05, 0) is 36.8 Å². The molecule has 2 aromatic rings. The highest BCUT2D eigenvalue weighted by Gasteiger charge is 2.29. The summed E-state index contributed by atoms with van der Waals surface area (Å²) >= 11 is 0. The summed E-state index contributed by atoms with van der Waals surface area (Å²) < 4.78 is 36.8. The summed E-state index contributed by atoms with van der Waals surface area (Å²) in [4.78, 5) is 14.3. The molecule has 140 valence electrons. The lowest BCUT2D eigenvalue weighted by Gasteiger charge is -2.15. The van der Waals surface area contributed by atoms with Gasteiger partial charge in [-0.2, -0.15) is 0 Å². The van der Waals surface area contributed by atoms with Crippen molar-refractivity contribution in [2.24, 2.45) is 11.8 Å². The molecule has 1 aliphatic rings. The van der Waals surface area contributed by atoms with Crippen LogP contribution in [0, 0.1) is 23.5 Å². The van der Waals surface area contributed by atoms with E-state index in [2.05, 4.69) is 19.0 Å². The van der Waals surface area contributed by atoms with Crippen molar-refractivity contribution in [1.82, 2.24) is 10.1 Å². The average molecular weight is 364 g/mol. The first-order chi connectivity index (χ1) is 12.4. The van der Waals surface area contributed by atoms with Gasteiger partial charge in [-0.1, -0.05) is 19.0 Å². The van der Waals surface area contributed by atoms with Crippen LogP contribution in [0.25, 0.3) is 0 Å². The molecule has 3 rings (SSSR count). The first-order valence-corrected chi connectivity index (χ1v) is 8.75. The average Bonchev–Trinajstić information content (AvgIpc) is 3.22. The van der Waals surface area contributed by atoms with Gasteiger partial charge in [-0.3, -0.25) is 4.79 Å². The van der Waals surface area contributed by atoms with Crippen LogP contribution in [0.3, 0.4) is 0 Å². The van der Waals surface area contributed by atoms with Crippen LogP contribution < -0.4 is 4.74 Å². The summed E-state index contributed by atoms with van der Waals surface area (Å²) in [7, 11) is 0. The molecule has 0 aliphatic carbocycles. The lowest BCUT2D eigenvalue weighted by atomic mass is 9.97. The second-order valence-electron chi connectivity index (χ2n) is 7.08. The molecule has 1 aliphatic heterocycles. The molecule has 0 unspecified atom stereocenters. The number of carbonyl (C=O) groups excluding carboxylic acids is 1. The standard InChI is InChI=1S/C19H22F2N2O3/c1-12(2)7-13-5-6-23(10-13)19(24)17-9-15(26-22-17)11-25-18-4-3-14(20)8-16(18)21/h3-4,8-9,12-13H,5-7,10-11H2,1-2H3/t13-/m0/s1. The topological polar surface area (TPSA) is 55.6 Å².